The van der Waals surface area contributed by atoms with Gasteiger partial charge >= 0.3 is 0 Å². The van der Waals surface area contributed by atoms with Crippen molar-refractivity contribution in [3.05, 3.63) is 29.6 Å². The Bertz CT molecular complexity index is 376. The number of morpholine rings is 1. The van der Waals surface area contributed by atoms with Gasteiger partial charge in [-0.15, -0.1) is 0 Å². The van der Waals surface area contributed by atoms with E-state index < -0.39 is 0 Å². The third kappa shape index (κ3) is 2.38. The van der Waals surface area contributed by atoms with Gasteiger partial charge in [-0.05, 0) is 13.0 Å². The zero-order valence-electron chi connectivity index (χ0n) is 9.39. The minimum Gasteiger partial charge on any atom is -0.379 e. The maximum atomic E-state index is 9.24. The fraction of sp³-hybridized carbons (Fsp3) is 0.500. The zero-order valence-corrected chi connectivity index (χ0v) is 9.39. The van der Waals surface area contributed by atoms with Crippen molar-refractivity contribution in [3.8, 4) is 6.07 Å². The molecule has 1 saturated heterocycles. The number of rotatable bonds is 2. The SMILES string of the molecule is Cc1ccc(C(C#N)N2CCOCC2)cn1. The van der Waals surface area contributed by atoms with Gasteiger partial charge in [0.05, 0.1) is 19.3 Å². The molecule has 0 bridgehead atoms. The van der Waals surface area contributed by atoms with E-state index in [1.54, 1.807) is 6.20 Å². The summed E-state index contributed by atoms with van der Waals surface area (Å²) in [5.74, 6) is 0. The molecule has 0 N–H and O–H groups in total. The normalized spacial score (nSPS) is 19.0. The number of aromatic nitrogens is 1. The number of pyridine rings is 1. The Morgan fingerprint density at radius 2 is 2.19 bits per heavy atom. The zero-order chi connectivity index (χ0) is 11.4. The highest BCUT2D eigenvalue weighted by molar-refractivity contribution is 5.22. The topological polar surface area (TPSA) is 49.2 Å². The lowest BCUT2D eigenvalue weighted by atomic mass is 10.1. The summed E-state index contributed by atoms with van der Waals surface area (Å²) in [5, 5.41) is 9.24. The number of hydrogen-bond acceptors (Lipinski definition) is 4. The lowest BCUT2D eigenvalue weighted by Gasteiger charge is -2.30. The molecule has 0 radical (unpaired) electrons. The average molecular weight is 217 g/mol. The van der Waals surface area contributed by atoms with Crippen molar-refractivity contribution < 1.29 is 4.74 Å². The second-order valence-electron chi connectivity index (χ2n) is 3.91. The van der Waals surface area contributed by atoms with Gasteiger partial charge in [0, 0.05) is 30.5 Å². The monoisotopic (exact) mass is 217 g/mol. The molecule has 0 aromatic carbocycles. The molecule has 0 saturated carbocycles. The van der Waals surface area contributed by atoms with E-state index in [-0.39, 0.29) is 6.04 Å². The Labute approximate surface area is 95.5 Å². The van der Waals surface area contributed by atoms with Crippen LogP contribution in [-0.4, -0.2) is 36.2 Å². The van der Waals surface area contributed by atoms with Gasteiger partial charge in [-0.1, -0.05) is 6.07 Å². The molecule has 1 unspecified atom stereocenters. The van der Waals surface area contributed by atoms with E-state index in [0.29, 0.717) is 13.2 Å². The van der Waals surface area contributed by atoms with Crippen LogP contribution in [0.2, 0.25) is 0 Å². The molecule has 0 aliphatic carbocycles. The van der Waals surface area contributed by atoms with Crippen molar-refractivity contribution in [2.45, 2.75) is 13.0 Å². The predicted octanol–water partition coefficient (Wildman–Crippen LogP) is 1.29. The van der Waals surface area contributed by atoms with E-state index in [2.05, 4.69) is 16.0 Å². The fourth-order valence-electron chi connectivity index (χ4n) is 1.84. The molecule has 1 aromatic heterocycles. The van der Waals surface area contributed by atoms with Crippen LogP contribution >= 0.6 is 0 Å². The standard InChI is InChI=1S/C12H15N3O/c1-10-2-3-11(9-14-10)12(8-13)15-4-6-16-7-5-15/h2-3,9,12H,4-7H2,1H3. The molecular weight excluding hydrogens is 202 g/mol. The fourth-order valence-corrected chi connectivity index (χ4v) is 1.84. The maximum Gasteiger partial charge on any atom is 0.125 e. The minimum atomic E-state index is -0.197. The number of nitriles is 1. The van der Waals surface area contributed by atoms with E-state index in [4.69, 9.17) is 4.74 Å². The lowest BCUT2D eigenvalue weighted by Crippen LogP contribution is -2.38. The first-order chi connectivity index (χ1) is 7.81. The molecule has 4 nitrogen and oxygen atoms in total. The van der Waals surface area contributed by atoms with E-state index in [1.165, 1.54) is 0 Å². The molecule has 0 spiro atoms. The van der Waals surface area contributed by atoms with Crippen molar-refractivity contribution in [1.29, 1.82) is 5.26 Å². The van der Waals surface area contributed by atoms with Crippen molar-refractivity contribution >= 4 is 0 Å². The van der Waals surface area contributed by atoms with Gasteiger partial charge in [-0.2, -0.15) is 5.26 Å². The van der Waals surface area contributed by atoms with Crippen molar-refractivity contribution in [3.63, 3.8) is 0 Å². The summed E-state index contributed by atoms with van der Waals surface area (Å²) in [6, 6.07) is 6.06. The van der Waals surface area contributed by atoms with Crippen LogP contribution in [0, 0.1) is 18.3 Å². The molecule has 2 rings (SSSR count). The van der Waals surface area contributed by atoms with Crippen LogP contribution in [0.15, 0.2) is 18.3 Å². The van der Waals surface area contributed by atoms with Crippen molar-refractivity contribution in [2.75, 3.05) is 26.3 Å². The number of nitrogens with zero attached hydrogens (tertiary/aromatic N) is 3. The molecule has 0 amide bonds. The smallest absolute Gasteiger partial charge is 0.125 e. The first kappa shape index (κ1) is 11.1. The summed E-state index contributed by atoms with van der Waals surface area (Å²) in [7, 11) is 0. The Balaban J connectivity index is 2.15. The molecule has 1 aliphatic rings. The summed E-state index contributed by atoms with van der Waals surface area (Å²) >= 11 is 0. The van der Waals surface area contributed by atoms with E-state index in [9.17, 15) is 5.26 Å². The first-order valence-electron chi connectivity index (χ1n) is 5.45. The summed E-state index contributed by atoms with van der Waals surface area (Å²) < 4.78 is 5.28. The van der Waals surface area contributed by atoms with E-state index in [0.717, 1.165) is 24.3 Å². The highest BCUT2D eigenvalue weighted by Crippen LogP contribution is 2.20. The van der Waals surface area contributed by atoms with Gasteiger partial charge in [0.25, 0.3) is 0 Å². The molecule has 1 aliphatic heterocycles. The second kappa shape index (κ2) is 5.06. The van der Waals surface area contributed by atoms with Gasteiger partial charge in [-0.3, -0.25) is 9.88 Å². The van der Waals surface area contributed by atoms with E-state index in [1.807, 2.05) is 19.1 Å². The average Bonchev–Trinajstić information content (AvgIpc) is 2.34. The highest BCUT2D eigenvalue weighted by Gasteiger charge is 2.22. The largest absolute Gasteiger partial charge is 0.379 e. The molecule has 1 atom stereocenters. The first-order valence-corrected chi connectivity index (χ1v) is 5.45. The summed E-state index contributed by atoms with van der Waals surface area (Å²) in [5.41, 5.74) is 1.94. The van der Waals surface area contributed by atoms with Crippen LogP contribution in [0.4, 0.5) is 0 Å². The Morgan fingerprint density at radius 1 is 1.44 bits per heavy atom. The van der Waals surface area contributed by atoms with Gasteiger partial charge in [0.2, 0.25) is 0 Å². The van der Waals surface area contributed by atoms with Crippen LogP contribution < -0.4 is 0 Å². The van der Waals surface area contributed by atoms with Crippen LogP contribution in [0.25, 0.3) is 0 Å². The summed E-state index contributed by atoms with van der Waals surface area (Å²) in [6.45, 7) is 4.98. The second-order valence-corrected chi connectivity index (χ2v) is 3.91. The van der Waals surface area contributed by atoms with Crippen LogP contribution in [0.5, 0.6) is 0 Å². The summed E-state index contributed by atoms with van der Waals surface area (Å²) in [6.07, 6.45) is 1.79. The van der Waals surface area contributed by atoms with Crippen LogP contribution in [0.1, 0.15) is 17.3 Å². The molecule has 4 heteroatoms. The highest BCUT2D eigenvalue weighted by atomic mass is 16.5. The summed E-state index contributed by atoms with van der Waals surface area (Å²) in [4.78, 5) is 6.37. The minimum absolute atomic E-state index is 0.197. The predicted molar refractivity (Wildman–Crippen MR) is 59.7 cm³/mol. The Hall–Kier alpha value is -1.44. The van der Waals surface area contributed by atoms with Crippen molar-refractivity contribution in [2.24, 2.45) is 0 Å². The Kier molecular flexibility index (Phi) is 3.50. The quantitative estimate of drug-likeness (QED) is 0.749. The number of aryl methyl sites for hydroxylation is 1. The Morgan fingerprint density at radius 3 is 2.75 bits per heavy atom. The van der Waals surface area contributed by atoms with Gasteiger partial charge in [0.1, 0.15) is 6.04 Å². The molecule has 2 heterocycles. The van der Waals surface area contributed by atoms with E-state index >= 15 is 0 Å². The van der Waals surface area contributed by atoms with Crippen molar-refractivity contribution in [1.82, 2.24) is 9.88 Å². The van der Waals surface area contributed by atoms with Gasteiger partial charge in [-0.25, -0.2) is 0 Å². The van der Waals surface area contributed by atoms with Gasteiger partial charge < -0.3 is 4.74 Å². The third-order valence-electron chi connectivity index (χ3n) is 2.78. The molecular formula is C12H15N3O. The van der Waals surface area contributed by atoms with Gasteiger partial charge in [0.15, 0.2) is 0 Å². The molecule has 1 aromatic rings. The molecule has 16 heavy (non-hydrogen) atoms. The van der Waals surface area contributed by atoms with Crippen LogP contribution in [-0.2, 0) is 4.74 Å². The van der Waals surface area contributed by atoms with Crippen LogP contribution in [0.3, 0.4) is 0 Å². The number of hydrogen-bond donors (Lipinski definition) is 0. The molecule has 84 valence electrons. The maximum absolute atomic E-state index is 9.24. The molecule has 1 fully saturated rings. The number of ether oxygens (including phenoxy) is 1. The third-order valence-corrected chi connectivity index (χ3v) is 2.78. The lowest BCUT2D eigenvalue weighted by molar-refractivity contribution is 0.0266.